The van der Waals surface area contributed by atoms with Crippen LogP contribution in [0.15, 0.2) is 0 Å². The van der Waals surface area contributed by atoms with Crippen LogP contribution in [0.5, 0.6) is 5.88 Å². The Kier molecular flexibility index (Phi) is 6.56. The van der Waals surface area contributed by atoms with Crippen molar-refractivity contribution < 1.29 is 14.3 Å². The molecule has 0 unspecified atom stereocenters. The van der Waals surface area contributed by atoms with Gasteiger partial charge in [0.15, 0.2) is 5.82 Å². The van der Waals surface area contributed by atoms with Gasteiger partial charge in [0.05, 0.1) is 17.4 Å². The summed E-state index contributed by atoms with van der Waals surface area (Å²) < 4.78 is 10.5. The van der Waals surface area contributed by atoms with Crippen molar-refractivity contribution in [3.8, 4) is 5.88 Å². The molecule has 0 aromatic carbocycles. The second-order valence-electron chi connectivity index (χ2n) is 5.95. The molecule has 1 fully saturated rings. The lowest BCUT2D eigenvalue weighted by Crippen LogP contribution is -2.42. The van der Waals surface area contributed by atoms with E-state index >= 15 is 0 Å². The molecule has 138 valence electrons. The van der Waals surface area contributed by atoms with Crippen molar-refractivity contribution in [3.05, 3.63) is 16.3 Å². The Hall–Kier alpha value is -1.48. The van der Waals surface area contributed by atoms with Crippen LogP contribution in [0.1, 0.15) is 33.9 Å². The molecule has 2 N–H and O–H groups in total. The van der Waals surface area contributed by atoms with Crippen LogP contribution >= 0.6 is 23.7 Å². The molecule has 3 rings (SSSR count). The minimum atomic E-state index is 0. The van der Waals surface area contributed by atoms with Gasteiger partial charge in [0.1, 0.15) is 11.4 Å². The second-order valence-corrected chi connectivity index (χ2v) is 6.95. The SMILES string of the molecule is COCc1nc(OC)c2c(C)c(C(=O)N3CCC(N)CC3)sc2n1.Cl. The molecule has 0 aliphatic carbocycles. The number of methoxy groups -OCH3 is 2. The van der Waals surface area contributed by atoms with E-state index in [9.17, 15) is 4.79 Å². The summed E-state index contributed by atoms with van der Waals surface area (Å²) in [6.45, 7) is 3.62. The lowest BCUT2D eigenvalue weighted by Gasteiger charge is -2.30. The van der Waals surface area contributed by atoms with Crippen molar-refractivity contribution in [2.24, 2.45) is 5.73 Å². The predicted octanol–water partition coefficient (Wildman–Crippen LogP) is 2.14. The number of hydrogen-bond donors (Lipinski definition) is 1. The number of aryl methyl sites for hydroxylation is 1. The number of amides is 1. The topological polar surface area (TPSA) is 90.6 Å². The Morgan fingerprint density at radius 2 is 2.00 bits per heavy atom. The molecule has 3 heterocycles. The zero-order valence-electron chi connectivity index (χ0n) is 14.6. The van der Waals surface area contributed by atoms with Crippen molar-refractivity contribution >= 4 is 39.9 Å². The standard InChI is InChI=1S/C16H22N4O3S.ClH/c1-9-12-14(23-3)18-11(8-22-2)19-15(12)24-13(9)16(21)20-6-4-10(17)5-7-20;/h10H,4-8,17H2,1-3H3;1H. The Labute approximate surface area is 156 Å². The number of halogens is 1. The maximum Gasteiger partial charge on any atom is 0.264 e. The third-order valence-corrected chi connectivity index (χ3v) is 5.46. The molecule has 1 aliphatic heterocycles. The van der Waals surface area contributed by atoms with Gasteiger partial charge in [-0.05, 0) is 25.3 Å². The molecule has 9 heteroatoms. The summed E-state index contributed by atoms with van der Waals surface area (Å²) in [7, 11) is 3.17. The summed E-state index contributed by atoms with van der Waals surface area (Å²) in [4.78, 5) is 25.1. The summed E-state index contributed by atoms with van der Waals surface area (Å²) in [6.07, 6.45) is 1.69. The minimum Gasteiger partial charge on any atom is -0.480 e. The molecule has 0 bridgehead atoms. The summed E-state index contributed by atoms with van der Waals surface area (Å²) in [5, 5.41) is 0.805. The van der Waals surface area contributed by atoms with Gasteiger partial charge in [-0.25, -0.2) is 4.98 Å². The number of ether oxygens (including phenoxy) is 2. The van der Waals surface area contributed by atoms with E-state index in [1.807, 2.05) is 11.8 Å². The van der Waals surface area contributed by atoms with E-state index in [1.165, 1.54) is 11.3 Å². The molecule has 0 spiro atoms. The number of fused-ring (bicyclic) bond motifs is 1. The van der Waals surface area contributed by atoms with E-state index in [0.29, 0.717) is 36.3 Å². The first-order valence-corrected chi connectivity index (χ1v) is 8.74. The van der Waals surface area contributed by atoms with Gasteiger partial charge >= 0.3 is 0 Å². The molecule has 1 aliphatic rings. The van der Waals surface area contributed by atoms with Crippen molar-refractivity contribution in [2.45, 2.75) is 32.4 Å². The van der Waals surface area contributed by atoms with Gasteiger partial charge in [-0.1, -0.05) is 0 Å². The molecule has 0 radical (unpaired) electrons. The van der Waals surface area contributed by atoms with Crippen LogP contribution in [-0.2, 0) is 11.3 Å². The molecule has 0 atom stereocenters. The van der Waals surface area contributed by atoms with Crippen molar-refractivity contribution in [2.75, 3.05) is 27.3 Å². The number of piperidine rings is 1. The van der Waals surface area contributed by atoms with Crippen LogP contribution in [-0.4, -0.2) is 54.1 Å². The maximum atomic E-state index is 12.9. The number of thiophene rings is 1. The normalized spacial score (nSPS) is 15.3. The summed E-state index contributed by atoms with van der Waals surface area (Å²) >= 11 is 1.39. The zero-order chi connectivity index (χ0) is 17.3. The van der Waals surface area contributed by atoms with E-state index in [-0.39, 0.29) is 24.4 Å². The lowest BCUT2D eigenvalue weighted by atomic mass is 10.1. The van der Waals surface area contributed by atoms with Gasteiger partial charge in [0.2, 0.25) is 5.88 Å². The fourth-order valence-electron chi connectivity index (χ4n) is 2.94. The van der Waals surface area contributed by atoms with Crippen LogP contribution < -0.4 is 10.5 Å². The average Bonchev–Trinajstić information content (AvgIpc) is 2.91. The fraction of sp³-hybridized carbons (Fsp3) is 0.562. The van der Waals surface area contributed by atoms with Crippen LogP contribution in [0.3, 0.4) is 0 Å². The highest BCUT2D eigenvalue weighted by Gasteiger charge is 2.27. The highest BCUT2D eigenvalue weighted by molar-refractivity contribution is 7.20. The first kappa shape index (κ1) is 19.8. The molecule has 0 saturated carbocycles. The van der Waals surface area contributed by atoms with Gasteiger partial charge in [-0.3, -0.25) is 4.79 Å². The number of nitrogens with two attached hydrogens (primary N) is 1. The fourth-order valence-corrected chi connectivity index (χ4v) is 4.09. The van der Waals surface area contributed by atoms with Crippen LogP contribution in [0, 0.1) is 6.92 Å². The summed E-state index contributed by atoms with van der Waals surface area (Å²) in [6, 6.07) is 0.195. The van der Waals surface area contributed by atoms with Crippen LogP contribution in [0.4, 0.5) is 0 Å². The summed E-state index contributed by atoms with van der Waals surface area (Å²) in [5.74, 6) is 1.07. The first-order valence-electron chi connectivity index (χ1n) is 7.93. The smallest absolute Gasteiger partial charge is 0.264 e. The first-order chi connectivity index (χ1) is 11.5. The second kappa shape index (κ2) is 8.27. The lowest BCUT2D eigenvalue weighted by molar-refractivity contribution is 0.0719. The Morgan fingerprint density at radius 3 is 2.60 bits per heavy atom. The molecule has 2 aromatic rings. The average molecular weight is 387 g/mol. The Morgan fingerprint density at radius 1 is 1.32 bits per heavy atom. The van der Waals surface area contributed by atoms with E-state index < -0.39 is 0 Å². The van der Waals surface area contributed by atoms with Gasteiger partial charge in [0, 0.05) is 26.2 Å². The van der Waals surface area contributed by atoms with Crippen molar-refractivity contribution in [3.63, 3.8) is 0 Å². The predicted molar refractivity (Wildman–Crippen MR) is 99.8 cm³/mol. The molecular formula is C16H23ClN4O3S. The molecule has 1 amide bonds. The monoisotopic (exact) mass is 386 g/mol. The summed E-state index contributed by atoms with van der Waals surface area (Å²) in [5.41, 5.74) is 6.80. The molecule has 1 saturated heterocycles. The zero-order valence-corrected chi connectivity index (χ0v) is 16.2. The Bertz CT molecular complexity index is 759. The number of rotatable bonds is 4. The third kappa shape index (κ3) is 3.87. The molecule has 7 nitrogen and oxygen atoms in total. The van der Waals surface area contributed by atoms with E-state index in [4.69, 9.17) is 15.2 Å². The number of nitrogens with zero attached hydrogens (tertiary/aromatic N) is 3. The van der Waals surface area contributed by atoms with Crippen molar-refractivity contribution in [1.82, 2.24) is 14.9 Å². The third-order valence-electron chi connectivity index (χ3n) is 4.29. The van der Waals surface area contributed by atoms with Gasteiger partial charge < -0.3 is 20.1 Å². The van der Waals surface area contributed by atoms with Crippen molar-refractivity contribution in [1.29, 1.82) is 0 Å². The van der Waals surface area contributed by atoms with E-state index in [2.05, 4.69) is 9.97 Å². The number of likely N-dealkylation sites (tertiary alicyclic amines) is 1. The minimum absolute atomic E-state index is 0. The van der Waals surface area contributed by atoms with E-state index in [1.54, 1.807) is 14.2 Å². The van der Waals surface area contributed by atoms with Gasteiger partial charge in [-0.2, -0.15) is 4.98 Å². The number of aromatic nitrogens is 2. The maximum absolute atomic E-state index is 12.9. The highest BCUT2D eigenvalue weighted by atomic mass is 35.5. The molecule has 25 heavy (non-hydrogen) atoms. The largest absolute Gasteiger partial charge is 0.480 e. The molecule has 2 aromatic heterocycles. The van der Waals surface area contributed by atoms with Crippen LogP contribution in [0.25, 0.3) is 10.2 Å². The Balaban J connectivity index is 0.00000225. The van der Waals surface area contributed by atoms with Gasteiger partial charge in [0.25, 0.3) is 5.91 Å². The molecular weight excluding hydrogens is 364 g/mol. The van der Waals surface area contributed by atoms with Crippen LogP contribution in [0.2, 0.25) is 0 Å². The number of hydrogen-bond acceptors (Lipinski definition) is 7. The number of carbonyl (C=O) groups is 1. The van der Waals surface area contributed by atoms with Gasteiger partial charge in [-0.15, -0.1) is 23.7 Å². The quantitative estimate of drug-likeness (QED) is 0.865. The highest BCUT2D eigenvalue weighted by Crippen LogP contribution is 2.36. The van der Waals surface area contributed by atoms with E-state index in [0.717, 1.165) is 28.6 Å². The number of carbonyl (C=O) groups excluding carboxylic acids is 1.